The van der Waals surface area contributed by atoms with Crippen LogP contribution in [0.25, 0.3) is 5.69 Å². The molecule has 1 aliphatic carbocycles. The van der Waals surface area contributed by atoms with Crippen molar-refractivity contribution in [2.45, 2.75) is 51.7 Å². The van der Waals surface area contributed by atoms with Gasteiger partial charge in [0.15, 0.2) is 5.82 Å². The Kier molecular flexibility index (Phi) is 7.51. The Morgan fingerprint density at radius 3 is 2.52 bits per heavy atom. The molecule has 1 saturated carbocycles. The zero-order chi connectivity index (χ0) is 28.6. The van der Waals surface area contributed by atoms with Crippen LogP contribution >= 0.6 is 15.9 Å². The maximum atomic E-state index is 15.0. The van der Waals surface area contributed by atoms with Gasteiger partial charge in [-0.1, -0.05) is 48.5 Å². The molecule has 1 heterocycles. The average molecular weight is 606 g/mol. The highest BCUT2D eigenvalue weighted by atomic mass is 79.9. The van der Waals surface area contributed by atoms with Gasteiger partial charge in [0, 0.05) is 22.9 Å². The van der Waals surface area contributed by atoms with Crippen molar-refractivity contribution in [3.63, 3.8) is 0 Å². The highest BCUT2D eigenvalue weighted by Crippen LogP contribution is 2.45. The quantitative estimate of drug-likeness (QED) is 0.232. The van der Waals surface area contributed by atoms with Crippen molar-refractivity contribution in [2.75, 3.05) is 5.32 Å². The largest absolute Gasteiger partial charge is 0.489 e. The van der Waals surface area contributed by atoms with E-state index in [-0.39, 0.29) is 22.9 Å². The van der Waals surface area contributed by atoms with Gasteiger partial charge in [-0.2, -0.15) is 0 Å². The summed E-state index contributed by atoms with van der Waals surface area (Å²) in [5.74, 6) is -0.579. The first-order valence-electron chi connectivity index (χ1n) is 13.0. The van der Waals surface area contributed by atoms with Gasteiger partial charge in [0.25, 0.3) is 5.56 Å². The van der Waals surface area contributed by atoms with E-state index in [0.717, 1.165) is 24.0 Å². The number of ether oxygens (including phenoxy) is 1. The molecule has 206 valence electrons. The van der Waals surface area contributed by atoms with Crippen LogP contribution in [0.4, 0.5) is 10.2 Å². The van der Waals surface area contributed by atoms with E-state index in [1.165, 1.54) is 16.8 Å². The molecule has 0 spiro atoms. The molecule has 4 aromatic rings. The lowest BCUT2D eigenvalue weighted by atomic mass is 9.93. The van der Waals surface area contributed by atoms with Crippen molar-refractivity contribution in [1.82, 2.24) is 9.55 Å². The van der Waals surface area contributed by atoms with Crippen LogP contribution in [-0.2, 0) is 12.1 Å². The molecule has 3 N–H and O–H groups in total. The van der Waals surface area contributed by atoms with Gasteiger partial charge in [0.2, 0.25) is 5.91 Å². The molecule has 0 unspecified atom stereocenters. The van der Waals surface area contributed by atoms with Crippen LogP contribution in [0, 0.1) is 12.7 Å². The fraction of sp³-hybridized carbons (Fsp3) is 0.258. The van der Waals surface area contributed by atoms with Crippen LogP contribution < -0.4 is 21.3 Å². The molecule has 0 atom stereocenters. The van der Waals surface area contributed by atoms with E-state index in [1.54, 1.807) is 6.92 Å². The normalized spacial score (nSPS) is 13.2. The van der Waals surface area contributed by atoms with E-state index < -0.39 is 22.8 Å². The van der Waals surface area contributed by atoms with E-state index in [9.17, 15) is 9.59 Å². The molecule has 1 amide bonds. The molecule has 0 aliphatic heterocycles. The summed E-state index contributed by atoms with van der Waals surface area (Å²) in [6.45, 7) is 5.84. The van der Waals surface area contributed by atoms with Gasteiger partial charge in [-0.3, -0.25) is 14.2 Å². The number of nitrogens with two attached hydrogens (primary N) is 1. The Morgan fingerprint density at radius 2 is 1.85 bits per heavy atom. The Balaban J connectivity index is 1.56. The zero-order valence-electron chi connectivity index (χ0n) is 22.5. The molecule has 1 fully saturated rings. The molecule has 5 rings (SSSR count). The molecular formula is C31H30BrFN4O3. The maximum Gasteiger partial charge on any atom is 0.297 e. The summed E-state index contributed by atoms with van der Waals surface area (Å²) in [4.78, 5) is 30.6. The minimum absolute atomic E-state index is 0.0251. The summed E-state index contributed by atoms with van der Waals surface area (Å²) in [5.41, 5.74) is 7.51. The lowest BCUT2D eigenvalue weighted by Gasteiger charge is -2.29. The SMILES string of the molecule is Cc1c(F)cc(C(N)=O)c(C2CC2)c1-n1cc(Br)nc(NC(C)(C)c2ccccc2OCc2ccccc2)c1=O. The third-order valence-electron chi connectivity index (χ3n) is 7.13. The van der Waals surface area contributed by atoms with E-state index in [4.69, 9.17) is 10.5 Å². The third kappa shape index (κ3) is 5.51. The Morgan fingerprint density at radius 1 is 1.18 bits per heavy atom. The highest BCUT2D eigenvalue weighted by Gasteiger charge is 2.34. The fourth-order valence-electron chi connectivity index (χ4n) is 4.97. The van der Waals surface area contributed by atoms with Gasteiger partial charge in [0.05, 0.1) is 11.2 Å². The van der Waals surface area contributed by atoms with Gasteiger partial charge in [-0.15, -0.1) is 0 Å². The predicted molar refractivity (Wildman–Crippen MR) is 157 cm³/mol. The van der Waals surface area contributed by atoms with Crippen molar-refractivity contribution in [2.24, 2.45) is 5.73 Å². The number of anilines is 1. The van der Waals surface area contributed by atoms with Gasteiger partial charge >= 0.3 is 0 Å². The van der Waals surface area contributed by atoms with Crippen LogP contribution in [0.2, 0.25) is 0 Å². The van der Waals surface area contributed by atoms with Gasteiger partial charge in [0.1, 0.15) is 22.8 Å². The van der Waals surface area contributed by atoms with Crippen LogP contribution in [0.5, 0.6) is 5.75 Å². The molecule has 9 heteroatoms. The first-order chi connectivity index (χ1) is 19.1. The lowest BCUT2D eigenvalue weighted by molar-refractivity contribution is 0.0999. The fourth-order valence-corrected chi connectivity index (χ4v) is 5.35. The Labute approximate surface area is 240 Å². The molecule has 1 aromatic heterocycles. The first-order valence-corrected chi connectivity index (χ1v) is 13.8. The van der Waals surface area contributed by atoms with Crippen LogP contribution in [0.15, 0.2) is 76.3 Å². The molecule has 3 aromatic carbocycles. The van der Waals surface area contributed by atoms with Crippen molar-refractivity contribution in [1.29, 1.82) is 0 Å². The molecule has 0 saturated heterocycles. The topological polar surface area (TPSA) is 99.2 Å². The summed E-state index contributed by atoms with van der Waals surface area (Å²) in [6.07, 6.45) is 3.16. The van der Waals surface area contributed by atoms with Crippen molar-refractivity contribution >= 4 is 27.7 Å². The number of halogens is 2. The lowest BCUT2D eigenvalue weighted by Crippen LogP contribution is -2.34. The number of hydrogen-bond acceptors (Lipinski definition) is 5. The number of benzene rings is 3. The molecule has 7 nitrogen and oxygen atoms in total. The monoisotopic (exact) mass is 604 g/mol. The maximum absolute atomic E-state index is 15.0. The second-order valence-corrected chi connectivity index (χ2v) is 11.4. The number of hydrogen-bond donors (Lipinski definition) is 2. The summed E-state index contributed by atoms with van der Waals surface area (Å²) in [6, 6.07) is 18.7. The molecule has 0 radical (unpaired) electrons. The molecule has 40 heavy (non-hydrogen) atoms. The first kappa shape index (κ1) is 27.6. The number of carbonyl (C=O) groups is 1. The second-order valence-electron chi connectivity index (χ2n) is 10.5. The molecule has 1 aliphatic rings. The summed E-state index contributed by atoms with van der Waals surface area (Å²) < 4.78 is 22.9. The summed E-state index contributed by atoms with van der Waals surface area (Å²) in [5, 5.41) is 3.29. The van der Waals surface area contributed by atoms with Crippen molar-refractivity contribution in [3.8, 4) is 11.4 Å². The molecule has 0 bridgehead atoms. The van der Waals surface area contributed by atoms with Gasteiger partial charge in [-0.05, 0) is 78.7 Å². The van der Waals surface area contributed by atoms with Crippen LogP contribution in [0.3, 0.4) is 0 Å². The number of nitrogens with one attached hydrogen (secondary N) is 1. The van der Waals surface area contributed by atoms with Gasteiger partial charge in [-0.25, -0.2) is 9.37 Å². The Bertz CT molecular complexity index is 1650. The summed E-state index contributed by atoms with van der Waals surface area (Å²) >= 11 is 3.42. The van der Waals surface area contributed by atoms with Crippen LogP contribution in [0.1, 0.15) is 65.2 Å². The second kappa shape index (κ2) is 10.9. The number of carbonyl (C=O) groups excluding carboxylic acids is 1. The van der Waals surface area contributed by atoms with E-state index in [2.05, 4.69) is 26.2 Å². The number of primary amides is 1. The highest BCUT2D eigenvalue weighted by molar-refractivity contribution is 9.10. The average Bonchev–Trinajstić information content (AvgIpc) is 3.76. The van der Waals surface area contributed by atoms with E-state index >= 15 is 4.39 Å². The van der Waals surface area contributed by atoms with Crippen molar-refractivity contribution < 1.29 is 13.9 Å². The number of aromatic nitrogens is 2. The molecular weight excluding hydrogens is 575 g/mol. The number of rotatable bonds is 9. The van der Waals surface area contributed by atoms with Crippen molar-refractivity contribution in [3.05, 3.63) is 115 Å². The minimum Gasteiger partial charge on any atom is -0.489 e. The van der Waals surface area contributed by atoms with Crippen LogP contribution in [-0.4, -0.2) is 15.5 Å². The standard InChI is InChI=1S/C31H30BrFN4O3/c1-18-23(33)15-21(28(34)38)26(20-13-14-20)27(18)37-16-25(32)35-29(30(37)39)36-31(2,3)22-11-7-8-12-24(22)40-17-19-9-5-4-6-10-19/h4-12,15-16,20H,13-14,17H2,1-3H3,(H2,34,38)(H,35,36). The number of amides is 1. The van der Waals surface area contributed by atoms with Gasteiger partial charge < -0.3 is 15.8 Å². The third-order valence-corrected chi connectivity index (χ3v) is 7.51. The minimum atomic E-state index is -0.785. The number of nitrogens with zero attached hydrogens (tertiary/aromatic N) is 2. The van der Waals surface area contributed by atoms with E-state index in [1.807, 2.05) is 68.4 Å². The smallest absolute Gasteiger partial charge is 0.297 e. The zero-order valence-corrected chi connectivity index (χ0v) is 24.1. The Hall–Kier alpha value is -3.98. The number of para-hydroxylation sites is 1. The van der Waals surface area contributed by atoms with E-state index in [0.29, 0.717) is 28.2 Å². The summed E-state index contributed by atoms with van der Waals surface area (Å²) in [7, 11) is 0. The predicted octanol–water partition coefficient (Wildman–Crippen LogP) is 6.35.